The first-order valence-corrected chi connectivity index (χ1v) is 8.40. The van der Waals surface area contributed by atoms with E-state index in [9.17, 15) is 9.59 Å². The summed E-state index contributed by atoms with van der Waals surface area (Å²) in [6.07, 6.45) is 8.30. The number of pyridine rings is 1. The van der Waals surface area contributed by atoms with Crippen molar-refractivity contribution in [3.05, 3.63) is 64.7 Å². The highest BCUT2D eigenvalue weighted by Gasteiger charge is 2.25. The number of nitrogens with zero attached hydrogens (tertiary/aromatic N) is 5. The Morgan fingerprint density at radius 2 is 2.11 bits per heavy atom. The van der Waals surface area contributed by atoms with Gasteiger partial charge in [0.2, 0.25) is 0 Å². The van der Waals surface area contributed by atoms with Gasteiger partial charge in [-0.15, -0.1) is 0 Å². The van der Waals surface area contributed by atoms with Crippen LogP contribution in [0.1, 0.15) is 11.3 Å². The van der Waals surface area contributed by atoms with Gasteiger partial charge in [0.05, 0.1) is 30.2 Å². The minimum absolute atomic E-state index is 0.107. The molecule has 0 atom stereocenters. The van der Waals surface area contributed by atoms with E-state index in [0.717, 1.165) is 0 Å². The van der Waals surface area contributed by atoms with Gasteiger partial charge in [-0.1, -0.05) is 0 Å². The summed E-state index contributed by atoms with van der Waals surface area (Å²) in [6, 6.07) is 3.46. The summed E-state index contributed by atoms with van der Waals surface area (Å²) in [7, 11) is 0. The van der Waals surface area contributed by atoms with Crippen LogP contribution in [0.2, 0.25) is 0 Å². The van der Waals surface area contributed by atoms with Gasteiger partial charge < -0.3 is 14.6 Å². The third-order valence-electron chi connectivity index (χ3n) is 4.22. The van der Waals surface area contributed by atoms with Crippen LogP contribution in [0, 0.1) is 0 Å². The Morgan fingerprint density at radius 1 is 1.22 bits per heavy atom. The maximum absolute atomic E-state index is 12.5. The lowest BCUT2D eigenvalue weighted by Gasteiger charge is -2.27. The average molecular weight is 364 g/mol. The molecule has 0 aliphatic carbocycles. The molecule has 4 heterocycles. The molecule has 0 radical (unpaired) electrons. The maximum atomic E-state index is 12.5. The van der Waals surface area contributed by atoms with Gasteiger partial charge in [0, 0.05) is 31.6 Å². The number of fused-ring (bicyclic) bond motifs is 1. The standard InChI is InChI=1S/C18H16N6O3/c25-16(11-27-12-2-1-4-19-8-12)24-7-3-14-13(10-24)18(26)23-17(22-14)15-9-20-5-6-21-15/h1-2,4-6,8-9H,3,7,10-11H2,(H,22,23,26). The first-order valence-electron chi connectivity index (χ1n) is 8.40. The van der Waals surface area contributed by atoms with E-state index in [1.807, 2.05) is 0 Å². The summed E-state index contributed by atoms with van der Waals surface area (Å²) in [4.78, 5) is 45.8. The lowest BCUT2D eigenvalue weighted by molar-refractivity contribution is -0.134. The lowest BCUT2D eigenvalue weighted by atomic mass is 10.1. The van der Waals surface area contributed by atoms with Crippen LogP contribution in [0.15, 0.2) is 47.9 Å². The van der Waals surface area contributed by atoms with E-state index in [4.69, 9.17) is 4.74 Å². The molecule has 136 valence electrons. The molecule has 0 saturated carbocycles. The quantitative estimate of drug-likeness (QED) is 0.720. The predicted molar refractivity (Wildman–Crippen MR) is 94.7 cm³/mol. The summed E-state index contributed by atoms with van der Waals surface area (Å²) in [5.74, 6) is 0.713. The molecule has 27 heavy (non-hydrogen) atoms. The van der Waals surface area contributed by atoms with Gasteiger partial charge in [-0.05, 0) is 12.1 Å². The number of nitrogens with one attached hydrogen (secondary N) is 1. The van der Waals surface area contributed by atoms with E-state index in [0.29, 0.717) is 41.5 Å². The summed E-state index contributed by atoms with van der Waals surface area (Å²) < 4.78 is 5.45. The zero-order valence-electron chi connectivity index (χ0n) is 14.3. The summed E-state index contributed by atoms with van der Waals surface area (Å²) >= 11 is 0. The molecule has 1 aliphatic heterocycles. The van der Waals surface area contributed by atoms with Gasteiger partial charge in [-0.2, -0.15) is 0 Å². The van der Waals surface area contributed by atoms with Crippen LogP contribution >= 0.6 is 0 Å². The summed E-state index contributed by atoms with van der Waals surface area (Å²) in [6.45, 7) is 0.566. The fourth-order valence-electron chi connectivity index (χ4n) is 2.85. The van der Waals surface area contributed by atoms with Crippen molar-refractivity contribution in [1.82, 2.24) is 29.8 Å². The highest BCUT2D eigenvalue weighted by atomic mass is 16.5. The van der Waals surface area contributed by atoms with Crippen molar-refractivity contribution in [3.8, 4) is 17.3 Å². The molecule has 0 aromatic carbocycles. The lowest BCUT2D eigenvalue weighted by Crippen LogP contribution is -2.41. The van der Waals surface area contributed by atoms with Gasteiger partial charge in [0.15, 0.2) is 12.4 Å². The van der Waals surface area contributed by atoms with Gasteiger partial charge in [0.25, 0.3) is 11.5 Å². The Balaban J connectivity index is 1.48. The number of rotatable bonds is 4. The maximum Gasteiger partial charge on any atom is 0.260 e. The van der Waals surface area contributed by atoms with E-state index >= 15 is 0 Å². The first kappa shape index (κ1) is 16.8. The highest BCUT2D eigenvalue weighted by Crippen LogP contribution is 2.17. The fourth-order valence-corrected chi connectivity index (χ4v) is 2.85. The van der Waals surface area contributed by atoms with Crippen molar-refractivity contribution in [2.75, 3.05) is 13.2 Å². The zero-order chi connectivity index (χ0) is 18.6. The summed E-state index contributed by atoms with van der Waals surface area (Å²) in [5, 5.41) is 0. The summed E-state index contributed by atoms with van der Waals surface area (Å²) in [5.41, 5.74) is 1.40. The number of aromatic amines is 1. The van der Waals surface area contributed by atoms with Crippen molar-refractivity contribution < 1.29 is 9.53 Å². The molecule has 0 spiro atoms. The average Bonchev–Trinajstić information content (AvgIpc) is 2.73. The van der Waals surface area contributed by atoms with E-state index in [1.54, 1.807) is 41.8 Å². The zero-order valence-corrected chi connectivity index (χ0v) is 14.3. The highest BCUT2D eigenvalue weighted by molar-refractivity contribution is 5.78. The first-order chi connectivity index (χ1) is 13.2. The predicted octanol–water partition coefficient (Wildman–Crippen LogP) is 0.586. The molecule has 0 unspecified atom stereocenters. The number of ether oxygens (including phenoxy) is 1. The Kier molecular flexibility index (Phi) is 4.56. The number of H-pyrrole nitrogens is 1. The molecule has 9 heteroatoms. The monoisotopic (exact) mass is 364 g/mol. The number of hydrogen-bond acceptors (Lipinski definition) is 7. The van der Waals surface area contributed by atoms with Gasteiger partial charge in [-0.25, -0.2) is 9.97 Å². The van der Waals surface area contributed by atoms with E-state index in [2.05, 4.69) is 24.9 Å². The second-order valence-electron chi connectivity index (χ2n) is 5.97. The molecular formula is C18H16N6O3. The van der Waals surface area contributed by atoms with Crippen LogP contribution in [-0.2, 0) is 17.8 Å². The molecule has 1 amide bonds. The van der Waals surface area contributed by atoms with Crippen LogP contribution in [-0.4, -0.2) is 48.9 Å². The molecule has 1 N–H and O–H groups in total. The molecule has 0 saturated heterocycles. The topological polar surface area (TPSA) is 114 Å². The molecule has 9 nitrogen and oxygen atoms in total. The second-order valence-corrected chi connectivity index (χ2v) is 5.97. The molecular weight excluding hydrogens is 348 g/mol. The van der Waals surface area contributed by atoms with Gasteiger partial charge >= 0.3 is 0 Å². The number of carbonyl (C=O) groups excluding carboxylic acids is 1. The van der Waals surface area contributed by atoms with E-state index in [1.165, 1.54) is 6.20 Å². The minimum Gasteiger partial charge on any atom is -0.482 e. The minimum atomic E-state index is -0.272. The molecule has 0 fully saturated rings. The van der Waals surface area contributed by atoms with Crippen molar-refractivity contribution >= 4 is 5.91 Å². The normalized spacial score (nSPS) is 13.1. The smallest absolute Gasteiger partial charge is 0.260 e. The van der Waals surface area contributed by atoms with Crippen molar-refractivity contribution in [2.45, 2.75) is 13.0 Å². The van der Waals surface area contributed by atoms with Crippen molar-refractivity contribution in [2.24, 2.45) is 0 Å². The van der Waals surface area contributed by atoms with Crippen LogP contribution in [0.3, 0.4) is 0 Å². The SMILES string of the molecule is O=C(COc1cccnc1)N1CCc2nc(-c3cnccn3)[nH]c(=O)c2C1. The van der Waals surface area contributed by atoms with Crippen LogP contribution in [0.4, 0.5) is 0 Å². The molecule has 3 aromatic rings. The Bertz CT molecular complexity index is 1010. The Morgan fingerprint density at radius 3 is 2.89 bits per heavy atom. The molecule has 4 rings (SSSR count). The number of hydrogen-bond donors (Lipinski definition) is 1. The van der Waals surface area contributed by atoms with Crippen LogP contribution in [0.5, 0.6) is 5.75 Å². The fraction of sp³-hybridized carbons (Fsp3) is 0.222. The number of amides is 1. The third-order valence-corrected chi connectivity index (χ3v) is 4.22. The molecule has 3 aromatic heterocycles. The third kappa shape index (κ3) is 3.66. The van der Waals surface area contributed by atoms with Crippen LogP contribution < -0.4 is 10.3 Å². The molecule has 0 bridgehead atoms. The molecule has 1 aliphatic rings. The Hall–Kier alpha value is -3.62. The Labute approximate surface area is 154 Å². The number of aromatic nitrogens is 5. The van der Waals surface area contributed by atoms with Gasteiger partial charge in [-0.3, -0.25) is 19.6 Å². The number of carbonyl (C=O) groups is 1. The van der Waals surface area contributed by atoms with Gasteiger partial charge in [0.1, 0.15) is 11.4 Å². The second kappa shape index (κ2) is 7.32. The van der Waals surface area contributed by atoms with E-state index in [-0.39, 0.29) is 24.6 Å². The largest absolute Gasteiger partial charge is 0.482 e. The van der Waals surface area contributed by atoms with E-state index < -0.39 is 0 Å². The van der Waals surface area contributed by atoms with Crippen molar-refractivity contribution in [1.29, 1.82) is 0 Å². The van der Waals surface area contributed by atoms with Crippen LogP contribution in [0.25, 0.3) is 11.5 Å². The van der Waals surface area contributed by atoms with Crippen molar-refractivity contribution in [3.63, 3.8) is 0 Å².